The zero-order valence-electron chi connectivity index (χ0n) is 9.46. The van der Waals surface area contributed by atoms with Crippen molar-refractivity contribution in [2.45, 2.75) is 27.2 Å². The van der Waals surface area contributed by atoms with Crippen LogP contribution in [-0.4, -0.2) is 12.5 Å². The zero-order valence-corrected chi connectivity index (χ0v) is 9.46. The minimum Gasteiger partial charge on any atom is -0.494 e. The second-order valence-corrected chi connectivity index (χ2v) is 3.32. The normalized spacial score (nSPS) is 9.80. The van der Waals surface area contributed by atoms with Gasteiger partial charge < -0.3 is 10.1 Å². The number of anilines is 1. The van der Waals surface area contributed by atoms with E-state index >= 15 is 0 Å². The summed E-state index contributed by atoms with van der Waals surface area (Å²) in [4.78, 5) is 11.2. The molecule has 1 amide bonds. The van der Waals surface area contributed by atoms with Crippen LogP contribution in [0.15, 0.2) is 18.2 Å². The average Bonchev–Trinajstić information content (AvgIpc) is 2.22. The van der Waals surface area contributed by atoms with Gasteiger partial charge in [-0.25, -0.2) is 0 Å². The molecule has 15 heavy (non-hydrogen) atoms. The summed E-state index contributed by atoms with van der Waals surface area (Å²) in [6.45, 7) is 6.40. The van der Waals surface area contributed by atoms with Gasteiger partial charge >= 0.3 is 0 Å². The number of ether oxygens (including phenoxy) is 1. The summed E-state index contributed by atoms with van der Waals surface area (Å²) in [7, 11) is 0. The first-order valence-electron chi connectivity index (χ1n) is 5.20. The molecule has 3 nitrogen and oxygen atoms in total. The molecule has 0 unspecified atom stereocenters. The molecule has 1 aromatic carbocycles. The fourth-order valence-electron chi connectivity index (χ4n) is 1.29. The van der Waals surface area contributed by atoms with Crippen molar-refractivity contribution in [3.05, 3.63) is 23.8 Å². The maximum atomic E-state index is 11.2. The molecule has 0 spiro atoms. The van der Waals surface area contributed by atoms with Crippen LogP contribution in [0.2, 0.25) is 0 Å². The van der Waals surface area contributed by atoms with Crippen molar-refractivity contribution in [2.24, 2.45) is 0 Å². The molecular weight excluding hydrogens is 190 g/mol. The quantitative estimate of drug-likeness (QED) is 0.824. The van der Waals surface area contributed by atoms with E-state index in [9.17, 15) is 4.79 Å². The Morgan fingerprint density at radius 1 is 1.40 bits per heavy atom. The van der Waals surface area contributed by atoms with Crippen LogP contribution < -0.4 is 10.1 Å². The third kappa shape index (κ3) is 3.27. The molecule has 3 heteroatoms. The van der Waals surface area contributed by atoms with Gasteiger partial charge in [0.2, 0.25) is 5.91 Å². The second-order valence-electron chi connectivity index (χ2n) is 3.32. The smallest absolute Gasteiger partial charge is 0.224 e. The van der Waals surface area contributed by atoms with Crippen LogP contribution in [0.5, 0.6) is 5.75 Å². The number of nitrogens with one attached hydrogen (secondary N) is 1. The van der Waals surface area contributed by atoms with Crippen LogP contribution >= 0.6 is 0 Å². The van der Waals surface area contributed by atoms with Crippen molar-refractivity contribution in [1.29, 1.82) is 0 Å². The first-order chi connectivity index (χ1) is 7.17. The zero-order chi connectivity index (χ0) is 11.3. The summed E-state index contributed by atoms with van der Waals surface area (Å²) < 4.78 is 5.41. The van der Waals surface area contributed by atoms with Gasteiger partial charge in [-0.3, -0.25) is 4.79 Å². The van der Waals surface area contributed by atoms with Gasteiger partial charge in [0.25, 0.3) is 0 Å². The predicted molar refractivity (Wildman–Crippen MR) is 61.3 cm³/mol. The van der Waals surface area contributed by atoms with E-state index in [-0.39, 0.29) is 5.91 Å². The summed E-state index contributed by atoms with van der Waals surface area (Å²) in [5.41, 5.74) is 1.86. The molecule has 0 heterocycles. The third-order valence-electron chi connectivity index (χ3n) is 2.08. The first-order valence-corrected chi connectivity index (χ1v) is 5.20. The van der Waals surface area contributed by atoms with Crippen molar-refractivity contribution in [3.8, 4) is 5.75 Å². The third-order valence-corrected chi connectivity index (χ3v) is 2.08. The highest BCUT2D eigenvalue weighted by atomic mass is 16.5. The molecule has 0 bridgehead atoms. The molecule has 0 saturated carbocycles. The fraction of sp³-hybridized carbons (Fsp3) is 0.417. The van der Waals surface area contributed by atoms with E-state index in [1.807, 2.05) is 39.0 Å². The molecule has 0 radical (unpaired) electrons. The summed E-state index contributed by atoms with van der Waals surface area (Å²) >= 11 is 0. The molecule has 82 valence electrons. The summed E-state index contributed by atoms with van der Waals surface area (Å²) in [5.74, 6) is 0.894. The molecule has 1 rings (SSSR count). The van der Waals surface area contributed by atoms with Crippen LogP contribution in [0.3, 0.4) is 0 Å². The number of hydrogen-bond acceptors (Lipinski definition) is 2. The molecule has 0 aromatic heterocycles. The number of amides is 1. The Kier molecular flexibility index (Phi) is 4.16. The van der Waals surface area contributed by atoms with Crippen molar-refractivity contribution in [1.82, 2.24) is 0 Å². The molecule has 0 atom stereocenters. The Hall–Kier alpha value is -1.51. The fourth-order valence-corrected chi connectivity index (χ4v) is 1.29. The van der Waals surface area contributed by atoms with Crippen molar-refractivity contribution < 1.29 is 9.53 Å². The standard InChI is InChI=1S/C12H17NO2/c1-4-12(14)13-10-6-7-11(15-5-2)9(3)8-10/h6-8H,4-5H2,1-3H3,(H,13,14). The van der Waals surface area contributed by atoms with E-state index in [1.54, 1.807) is 0 Å². The SMILES string of the molecule is CCOc1ccc(NC(=O)CC)cc1C. The number of rotatable bonds is 4. The second kappa shape index (κ2) is 5.39. The van der Waals surface area contributed by atoms with E-state index in [2.05, 4.69) is 5.32 Å². The lowest BCUT2D eigenvalue weighted by Gasteiger charge is -2.09. The molecule has 0 aliphatic heterocycles. The van der Waals surface area contributed by atoms with Gasteiger partial charge in [0.15, 0.2) is 0 Å². The van der Waals surface area contributed by atoms with E-state index < -0.39 is 0 Å². The lowest BCUT2D eigenvalue weighted by Crippen LogP contribution is -2.09. The van der Waals surface area contributed by atoms with Crippen molar-refractivity contribution in [2.75, 3.05) is 11.9 Å². The molecule has 0 aliphatic rings. The Labute approximate surface area is 90.4 Å². The molecule has 1 aromatic rings. The average molecular weight is 207 g/mol. The van der Waals surface area contributed by atoms with Crippen molar-refractivity contribution >= 4 is 11.6 Å². The van der Waals surface area contributed by atoms with Gasteiger partial charge in [-0.1, -0.05) is 6.92 Å². The highest BCUT2D eigenvalue weighted by molar-refractivity contribution is 5.90. The van der Waals surface area contributed by atoms with Crippen LogP contribution in [0.4, 0.5) is 5.69 Å². The topological polar surface area (TPSA) is 38.3 Å². The van der Waals surface area contributed by atoms with Crippen LogP contribution in [0.25, 0.3) is 0 Å². The van der Waals surface area contributed by atoms with E-state index in [0.29, 0.717) is 13.0 Å². The number of carbonyl (C=O) groups is 1. The Morgan fingerprint density at radius 3 is 2.67 bits per heavy atom. The van der Waals surface area contributed by atoms with Gasteiger partial charge in [-0.2, -0.15) is 0 Å². The largest absolute Gasteiger partial charge is 0.494 e. The number of carbonyl (C=O) groups excluding carboxylic acids is 1. The Bertz CT molecular complexity index is 347. The van der Waals surface area contributed by atoms with Gasteiger partial charge in [-0.15, -0.1) is 0 Å². The highest BCUT2D eigenvalue weighted by Crippen LogP contribution is 2.21. The van der Waals surface area contributed by atoms with Crippen LogP contribution in [-0.2, 0) is 4.79 Å². The minimum atomic E-state index is 0.0264. The van der Waals surface area contributed by atoms with Gasteiger partial charge in [0.05, 0.1) is 6.61 Å². The monoisotopic (exact) mass is 207 g/mol. The summed E-state index contributed by atoms with van der Waals surface area (Å²) in [5, 5.41) is 2.81. The lowest BCUT2D eigenvalue weighted by molar-refractivity contribution is -0.115. The van der Waals surface area contributed by atoms with Gasteiger partial charge in [-0.05, 0) is 37.6 Å². The summed E-state index contributed by atoms with van der Waals surface area (Å²) in [6.07, 6.45) is 0.492. The van der Waals surface area contributed by atoms with Crippen LogP contribution in [0.1, 0.15) is 25.8 Å². The molecule has 0 saturated heterocycles. The maximum absolute atomic E-state index is 11.2. The molecule has 1 N–H and O–H groups in total. The van der Waals surface area contributed by atoms with Crippen LogP contribution in [0, 0.1) is 6.92 Å². The highest BCUT2D eigenvalue weighted by Gasteiger charge is 2.02. The predicted octanol–water partition coefficient (Wildman–Crippen LogP) is 2.74. The number of benzene rings is 1. The van der Waals surface area contributed by atoms with E-state index in [0.717, 1.165) is 17.0 Å². The van der Waals surface area contributed by atoms with E-state index in [1.165, 1.54) is 0 Å². The lowest BCUT2D eigenvalue weighted by atomic mass is 10.2. The van der Waals surface area contributed by atoms with E-state index in [4.69, 9.17) is 4.74 Å². The van der Waals surface area contributed by atoms with Crippen molar-refractivity contribution in [3.63, 3.8) is 0 Å². The Balaban J connectivity index is 2.77. The first kappa shape index (κ1) is 11.6. The molecular formula is C12H17NO2. The molecule has 0 aliphatic carbocycles. The summed E-state index contributed by atoms with van der Waals surface area (Å²) in [6, 6.07) is 5.65. The maximum Gasteiger partial charge on any atom is 0.224 e. The van der Waals surface area contributed by atoms with Gasteiger partial charge in [0, 0.05) is 12.1 Å². The molecule has 0 fully saturated rings. The number of aryl methyl sites for hydroxylation is 1. The minimum absolute atomic E-state index is 0.0264. The van der Waals surface area contributed by atoms with Gasteiger partial charge in [0.1, 0.15) is 5.75 Å². The number of hydrogen-bond donors (Lipinski definition) is 1. The Morgan fingerprint density at radius 2 is 2.13 bits per heavy atom.